The average molecular weight is 685 g/mol. The molecule has 0 spiro atoms. The largest absolute Gasteiger partial charge is 0.453 e. The Labute approximate surface area is 288 Å². The van der Waals surface area contributed by atoms with Crippen LogP contribution in [-0.2, 0) is 19.1 Å². The van der Waals surface area contributed by atoms with E-state index >= 15 is 0 Å². The molecule has 4 amide bonds. The first kappa shape index (κ1) is 34.1. The molecule has 0 radical (unpaired) electrons. The van der Waals surface area contributed by atoms with Gasteiger partial charge >= 0.3 is 12.2 Å². The zero-order valence-electron chi connectivity index (χ0n) is 28.3. The zero-order chi connectivity index (χ0) is 35.4. The molecule has 0 saturated carbocycles. The molecule has 16 heteroatoms. The molecule has 16 nitrogen and oxygen atoms in total. The molecule has 2 aliphatic heterocycles. The second-order valence-electron chi connectivity index (χ2n) is 12.3. The van der Waals surface area contributed by atoms with Crippen molar-refractivity contribution in [3.8, 4) is 33.9 Å². The number of imidazole rings is 2. The molecule has 4 N–H and O–H groups in total. The third-order valence-electron chi connectivity index (χ3n) is 9.09. The molecule has 50 heavy (non-hydrogen) atoms. The number of carbonyl (C=O) groups excluding carboxylic acids is 4. The zero-order valence-corrected chi connectivity index (χ0v) is 28.3. The summed E-state index contributed by atoms with van der Waals surface area (Å²) in [6.07, 6.45) is 8.80. The molecule has 0 bridgehead atoms. The van der Waals surface area contributed by atoms with Crippen LogP contribution in [0, 0.1) is 0 Å². The van der Waals surface area contributed by atoms with E-state index in [2.05, 4.69) is 50.0 Å². The van der Waals surface area contributed by atoms with Gasteiger partial charge < -0.3 is 39.9 Å². The van der Waals surface area contributed by atoms with Gasteiger partial charge in [0.2, 0.25) is 11.8 Å². The van der Waals surface area contributed by atoms with E-state index in [-0.39, 0.29) is 23.9 Å². The first-order valence-electron chi connectivity index (χ1n) is 16.5. The molecule has 2 aliphatic rings. The summed E-state index contributed by atoms with van der Waals surface area (Å²) in [6.45, 7) is 4.43. The topological polar surface area (TPSA) is 200 Å². The molecule has 262 valence electrons. The fraction of sp³-hybridized carbons (Fsp3) is 0.412. The number of rotatable bonds is 9. The highest BCUT2D eigenvalue weighted by molar-refractivity contribution is 5.86. The average Bonchev–Trinajstić information content (AvgIpc) is 3.97. The number of nitrogens with zero attached hydrogens (tertiary/aromatic N) is 6. The Bertz CT molecular complexity index is 1710. The van der Waals surface area contributed by atoms with Crippen molar-refractivity contribution in [3.05, 3.63) is 60.7 Å². The SMILES string of the molecule is COC(=O)N[C@@H](C)C(=O)N1CCC[C@@H]1c1ncc(-c2ccc(-c3ncc(-c4cnc([C@H]5CCCN5C(=O)[C@H](C)NC(=O)OC)[nH]4)cn3)cc2)[nH]1. The summed E-state index contributed by atoms with van der Waals surface area (Å²) >= 11 is 0. The Morgan fingerprint density at radius 2 is 1.12 bits per heavy atom. The van der Waals surface area contributed by atoms with Gasteiger partial charge in [-0.3, -0.25) is 9.59 Å². The summed E-state index contributed by atoms with van der Waals surface area (Å²) in [5.41, 5.74) is 4.05. The Kier molecular flexibility index (Phi) is 10.1. The molecule has 6 rings (SSSR count). The van der Waals surface area contributed by atoms with Crippen LogP contribution >= 0.6 is 0 Å². The van der Waals surface area contributed by atoms with Gasteiger partial charge in [-0.15, -0.1) is 0 Å². The first-order valence-corrected chi connectivity index (χ1v) is 16.5. The lowest BCUT2D eigenvalue weighted by atomic mass is 10.1. The molecule has 0 unspecified atom stereocenters. The minimum atomic E-state index is -0.724. The predicted molar refractivity (Wildman–Crippen MR) is 180 cm³/mol. The van der Waals surface area contributed by atoms with Crippen molar-refractivity contribution >= 4 is 24.0 Å². The number of aromatic amines is 2. The lowest BCUT2D eigenvalue weighted by molar-refractivity contribution is -0.134. The van der Waals surface area contributed by atoms with Crippen molar-refractivity contribution in [2.45, 2.75) is 63.7 Å². The van der Waals surface area contributed by atoms with Crippen LogP contribution < -0.4 is 10.6 Å². The van der Waals surface area contributed by atoms with Gasteiger partial charge in [-0.2, -0.15) is 0 Å². The van der Waals surface area contributed by atoms with Crippen LogP contribution in [0.15, 0.2) is 49.1 Å². The maximum Gasteiger partial charge on any atom is 0.407 e. The van der Waals surface area contributed by atoms with Crippen molar-refractivity contribution < 1.29 is 28.7 Å². The van der Waals surface area contributed by atoms with E-state index in [1.807, 2.05) is 24.3 Å². The van der Waals surface area contributed by atoms with Crippen LogP contribution in [-0.4, -0.2) is 103 Å². The van der Waals surface area contributed by atoms with E-state index in [1.165, 1.54) is 14.2 Å². The molecule has 3 aromatic heterocycles. The van der Waals surface area contributed by atoms with E-state index in [1.54, 1.807) is 48.4 Å². The van der Waals surface area contributed by atoms with E-state index in [0.717, 1.165) is 53.8 Å². The van der Waals surface area contributed by atoms with Gasteiger partial charge in [0, 0.05) is 36.6 Å². The number of nitrogens with one attached hydrogen (secondary N) is 4. The Balaban J connectivity index is 1.09. The van der Waals surface area contributed by atoms with Crippen LogP contribution in [0.1, 0.15) is 63.3 Å². The lowest BCUT2D eigenvalue weighted by Crippen LogP contribution is -2.46. The standard InChI is InChI=1S/C34H40N10O6/c1-19(39-33(47)49-3)31(45)43-13-5-7-26(43)29-37-17-24(41-29)21-9-11-22(12-10-21)28-35-15-23(16-36-28)25-18-38-30(42-25)27-8-6-14-44(27)32(46)20(2)40-34(48)50-4/h9-12,15-20,26-27H,5-8,13-14H2,1-4H3,(H,37,41)(H,38,42)(H,39,47)(H,40,48)/t19-,20-,26+,27+/m0/s1. The van der Waals surface area contributed by atoms with Crippen molar-refractivity contribution in [2.75, 3.05) is 27.3 Å². The second-order valence-corrected chi connectivity index (χ2v) is 12.3. The number of methoxy groups -OCH3 is 2. The number of likely N-dealkylation sites (tertiary alicyclic amines) is 2. The molecular formula is C34H40N10O6. The predicted octanol–water partition coefficient (Wildman–Crippen LogP) is 3.74. The van der Waals surface area contributed by atoms with Crippen LogP contribution in [0.4, 0.5) is 9.59 Å². The molecule has 0 aliphatic carbocycles. The fourth-order valence-corrected chi connectivity index (χ4v) is 6.44. The minimum absolute atomic E-state index is 0.187. The van der Waals surface area contributed by atoms with Crippen molar-refractivity contribution in [1.29, 1.82) is 0 Å². The highest BCUT2D eigenvalue weighted by Gasteiger charge is 2.36. The molecule has 5 heterocycles. The molecular weight excluding hydrogens is 644 g/mol. The third kappa shape index (κ3) is 7.13. The summed E-state index contributed by atoms with van der Waals surface area (Å²) in [5, 5.41) is 5.08. The van der Waals surface area contributed by atoms with Gasteiger partial charge in [0.25, 0.3) is 0 Å². The second kappa shape index (κ2) is 14.8. The quantitative estimate of drug-likeness (QED) is 0.201. The maximum absolute atomic E-state index is 13.0. The number of benzene rings is 1. The molecule has 4 aromatic rings. The molecule has 4 atom stereocenters. The number of hydrogen-bond donors (Lipinski definition) is 4. The molecule has 1 aromatic carbocycles. The summed E-state index contributed by atoms with van der Waals surface area (Å²) in [4.78, 5) is 77.8. The number of ether oxygens (including phenoxy) is 2. The third-order valence-corrected chi connectivity index (χ3v) is 9.09. The van der Waals surface area contributed by atoms with Gasteiger partial charge in [-0.1, -0.05) is 24.3 Å². The van der Waals surface area contributed by atoms with Gasteiger partial charge in [0.1, 0.15) is 23.7 Å². The van der Waals surface area contributed by atoms with Crippen LogP contribution in [0.2, 0.25) is 0 Å². The van der Waals surface area contributed by atoms with Crippen LogP contribution in [0.3, 0.4) is 0 Å². The number of amides is 4. The number of hydrogen-bond acceptors (Lipinski definition) is 10. The number of alkyl carbamates (subject to hydrolysis) is 2. The summed E-state index contributed by atoms with van der Waals surface area (Å²) in [7, 11) is 2.52. The minimum Gasteiger partial charge on any atom is -0.453 e. The van der Waals surface area contributed by atoms with Gasteiger partial charge in [-0.05, 0) is 45.1 Å². The van der Waals surface area contributed by atoms with Crippen LogP contribution in [0.5, 0.6) is 0 Å². The van der Waals surface area contributed by atoms with E-state index < -0.39 is 24.3 Å². The van der Waals surface area contributed by atoms with Crippen molar-refractivity contribution in [3.63, 3.8) is 0 Å². The summed E-state index contributed by atoms with van der Waals surface area (Å²) in [6, 6.07) is 5.90. The highest BCUT2D eigenvalue weighted by atomic mass is 16.5. The van der Waals surface area contributed by atoms with E-state index in [9.17, 15) is 19.2 Å². The lowest BCUT2D eigenvalue weighted by Gasteiger charge is -2.26. The summed E-state index contributed by atoms with van der Waals surface area (Å²) in [5.74, 6) is 1.52. The smallest absolute Gasteiger partial charge is 0.407 e. The van der Waals surface area contributed by atoms with Gasteiger partial charge in [0.15, 0.2) is 5.82 Å². The van der Waals surface area contributed by atoms with Crippen molar-refractivity contribution in [1.82, 2.24) is 50.3 Å². The number of carbonyl (C=O) groups is 4. The Morgan fingerprint density at radius 1 is 0.680 bits per heavy atom. The monoisotopic (exact) mass is 684 g/mol. The fourth-order valence-electron chi connectivity index (χ4n) is 6.44. The maximum atomic E-state index is 13.0. The number of aromatic nitrogens is 6. The Morgan fingerprint density at radius 3 is 1.58 bits per heavy atom. The van der Waals surface area contributed by atoms with E-state index in [0.29, 0.717) is 30.6 Å². The normalized spacial score (nSPS) is 18.4. The van der Waals surface area contributed by atoms with Gasteiger partial charge in [0.05, 0.1) is 50.1 Å². The molecule has 2 fully saturated rings. The first-order chi connectivity index (χ1) is 24.2. The summed E-state index contributed by atoms with van der Waals surface area (Å²) < 4.78 is 9.25. The number of H-pyrrole nitrogens is 2. The highest BCUT2D eigenvalue weighted by Crippen LogP contribution is 2.34. The van der Waals surface area contributed by atoms with E-state index in [4.69, 9.17) is 0 Å². The van der Waals surface area contributed by atoms with Gasteiger partial charge in [-0.25, -0.2) is 29.5 Å². The van der Waals surface area contributed by atoms with Crippen LogP contribution in [0.25, 0.3) is 33.9 Å². The Hall–Kier alpha value is -5.80. The van der Waals surface area contributed by atoms with Crippen molar-refractivity contribution in [2.24, 2.45) is 0 Å². The molecule has 2 saturated heterocycles.